The van der Waals surface area contributed by atoms with Crippen molar-refractivity contribution in [1.29, 1.82) is 0 Å². The SMILES string of the molecule is O=C(O)CCc1ccc(-n2ccnc(Nc3ccc(Cl)cc3OC(F)(F)F)c2=O)cc1. The maximum absolute atomic E-state index is 12.8. The third-order valence-electron chi connectivity index (χ3n) is 4.11. The predicted octanol–water partition coefficient (Wildman–Crippen LogP) is 4.55. The van der Waals surface area contributed by atoms with E-state index in [1.54, 1.807) is 24.3 Å². The van der Waals surface area contributed by atoms with Crippen LogP contribution in [0.2, 0.25) is 5.02 Å². The van der Waals surface area contributed by atoms with Gasteiger partial charge in [0, 0.05) is 35.6 Å². The summed E-state index contributed by atoms with van der Waals surface area (Å²) in [6, 6.07) is 10.2. The van der Waals surface area contributed by atoms with Crippen molar-refractivity contribution in [1.82, 2.24) is 9.55 Å². The second-order valence-electron chi connectivity index (χ2n) is 6.32. The van der Waals surface area contributed by atoms with Gasteiger partial charge in [0.15, 0.2) is 11.6 Å². The van der Waals surface area contributed by atoms with Crippen LogP contribution in [-0.2, 0) is 11.2 Å². The average Bonchev–Trinajstić information content (AvgIpc) is 2.69. The number of aliphatic carboxylic acids is 1. The summed E-state index contributed by atoms with van der Waals surface area (Å²) in [6.07, 6.45) is -1.93. The Balaban J connectivity index is 1.89. The summed E-state index contributed by atoms with van der Waals surface area (Å²) < 4.78 is 43.3. The number of hydrogen-bond donors (Lipinski definition) is 2. The Labute approximate surface area is 178 Å². The molecule has 0 unspecified atom stereocenters. The van der Waals surface area contributed by atoms with E-state index in [9.17, 15) is 22.8 Å². The molecule has 0 aliphatic rings. The summed E-state index contributed by atoms with van der Waals surface area (Å²) in [7, 11) is 0. The van der Waals surface area contributed by atoms with Crippen LogP contribution in [0.5, 0.6) is 5.75 Å². The first kappa shape index (κ1) is 22.2. The smallest absolute Gasteiger partial charge is 0.481 e. The van der Waals surface area contributed by atoms with Gasteiger partial charge in [-0.15, -0.1) is 13.2 Å². The zero-order valence-corrected chi connectivity index (χ0v) is 16.4. The molecule has 11 heteroatoms. The Hall–Kier alpha value is -3.53. The fraction of sp³-hybridized carbons (Fsp3) is 0.150. The topological polar surface area (TPSA) is 93.4 Å². The van der Waals surface area contributed by atoms with E-state index >= 15 is 0 Å². The van der Waals surface area contributed by atoms with Crippen LogP contribution in [0.25, 0.3) is 5.69 Å². The van der Waals surface area contributed by atoms with Crippen molar-refractivity contribution < 1.29 is 27.8 Å². The van der Waals surface area contributed by atoms with E-state index in [0.717, 1.165) is 11.6 Å². The van der Waals surface area contributed by atoms with Crippen LogP contribution in [0.4, 0.5) is 24.7 Å². The van der Waals surface area contributed by atoms with Gasteiger partial charge in [0.1, 0.15) is 0 Å². The van der Waals surface area contributed by atoms with Crippen molar-refractivity contribution in [2.75, 3.05) is 5.32 Å². The molecule has 31 heavy (non-hydrogen) atoms. The van der Waals surface area contributed by atoms with Gasteiger partial charge in [-0.05, 0) is 36.2 Å². The Bertz CT molecular complexity index is 1150. The molecule has 1 aromatic heterocycles. The molecule has 0 fully saturated rings. The van der Waals surface area contributed by atoms with Crippen LogP contribution in [0, 0.1) is 0 Å². The molecule has 0 saturated carbocycles. The Morgan fingerprint density at radius 1 is 1.19 bits per heavy atom. The lowest BCUT2D eigenvalue weighted by Gasteiger charge is -2.15. The summed E-state index contributed by atoms with van der Waals surface area (Å²) in [5, 5.41) is 11.3. The van der Waals surface area contributed by atoms with Gasteiger partial charge in [0.25, 0.3) is 5.56 Å². The first-order chi connectivity index (χ1) is 14.6. The number of halogens is 4. The number of aromatic nitrogens is 2. The molecule has 1 heterocycles. The van der Waals surface area contributed by atoms with Crippen molar-refractivity contribution in [3.8, 4) is 11.4 Å². The van der Waals surface area contributed by atoms with Gasteiger partial charge in [-0.1, -0.05) is 23.7 Å². The van der Waals surface area contributed by atoms with Gasteiger partial charge in [-0.3, -0.25) is 14.2 Å². The monoisotopic (exact) mass is 453 g/mol. The predicted molar refractivity (Wildman–Crippen MR) is 107 cm³/mol. The molecule has 0 spiro atoms. The van der Waals surface area contributed by atoms with Gasteiger partial charge in [-0.2, -0.15) is 0 Å². The molecule has 0 aliphatic carbocycles. The first-order valence-electron chi connectivity index (χ1n) is 8.83. The second-order valence-corrected chi connectivity index (χ2v) is 6.76. The van der Waals surface area contributed by atoms with Crippen molar-refractivity contribution >= 4 is 29.1 Å². The molecule has 2 aromatic carbocycles. The van der Waals surface area contributed by atoms with Gasteiger partial charge in [0.05, 0.1) is 5.69 Å². The van der Waals surface area contributed by atoms with Crippen LogP contribution in [-0.4, -0.2) is 27.0 Å². The largest absolute Gasteiger partial charge is 0.573 e. The minimum atomic E-state index is -4.95. The van der Waals surface area contributed by atoms with E-state index in [-0.39, 0.29) is 22.9 Å². The molecular weight excluding hydrogens is 439 g/mol. The summed E-state index contributed by atoms with van der Waals surface area (Å²) in [6.45, 7) is 0. The van der Waals surface area contributed by atoms with E-state index in [1.165, 1.54) is 29.1 Å². The number of rotatable bonds is 7. The number of carbonyl (C=O) groups is 1. The first-order valence-corrected chi connectivity index (χ1v) is 9.21. The van der Waals surface area contributed by atoms with Gasteiger partial charge in [-0.25, -0.2) is 4.98 Å². The zero-order valence-electron chi connectivity index (χ0n) is 15.7. The lowest BCUT2D eigenvalue weighted by molar-refractivity contribution is -0.274. The minimum Gasteiger partial charge on any atom is -0.481 e. The highest BCUT2D eigenvalue weighted by Crippen LogP contribution is 2.33. The summed E-state index contributed by atoms with van der Waals surface area (Å²) in [5.74, 6) is -1.76. The molecule has 162 valence electrons. The highest BCUT2D eigenvalue weighted by atomic mass is 35.5. The quantitative estimate of drug-likeness (QED) is 0.545. The number of nitrogens with one attached hydrogen (secondary N) is 1. The van der Waals surface area contributed by atoms with E-state index in [1.807, 2.05) is 0 Å². The van der Waals surface area contributed by atoms with Crippen LogP contribution in [0.3, 0.4) is 0 Å². The van der Waals surface area contributed by atoms with Crippen molar-refractivity contribution in [2.24, 2.45) is 0 Å². The molecule has 0 amide bonds. The maximum atomic E-state index is 12.8. The summed E-state index contributed by atoms with van der Waals surface area (Å²) in [4.78, 5) is 27.4. The average molecular weight is 454 g/mol. The van der Waals surface area contributed by atoms with Gasteiger partial charge >= 0.3 is 12.3 Å². The molecule has 0 bridgehead atoms. The Morgan fingerprint density at radius 3 is 2.55 bits per heavy atom. The zero-order chi connectivity index (χ0) is 22.6. The molecule has 0 aliphatic heterocycles. The Kier molecular flexibility index (Phi) is 6.50. The van der Waals surface area contributed by atoms with Crippen molar-refractivity contribution in [3.05, 3.63) is 75.8 Å². The molecule has 0 atom stereocenters. The van der Waals surface area contributed by atoms with E-state index < -0.39 is 23.6 Å². The number of ether oxygens (including phenoxy) is 1. The lowest BCUT2D eigenvalue weighted by Crippen LogP contribution is -2.22. The number of hydrogen-bond acceptors (Lipinski definition) is 5. The molecule has 3 aromatic rings. The van der Waals surface area contributed by atoms with E-state index in [2.05, 4.69) is 15.0 Å². The third kappa shape index (κ3) is 5.98. The molecule has 7 nitrogen and oxygen atoms in total. The minimum absolute atomic E-state index is 0.0196. The molecule has 2 N–H and O–H groups in total. The number of anilines is 2. The summed E-state index contributed by atoms with van der Waals surface area (Å²) >= 11 is 5.75. The van der Waals surface area contributed by atoms with Crippen LogP contribution in [0.1, 0.15) is 12.0 Å². The van der Waals surface area contributed by atoms with Gasteiger partial charge < -0.3 is 15.2 Å². The van der Waals surface area contributed by atoms with Crippen LogP contribution < -0.4 is 15.6 Å². The molecule has 0 radical (unpaired) electrons. The molecule has 0 saturated heterocycles. The van der Waals surface area contributed by atoms with Crippen molar-refractivity contribution in [3.63, 3.8) is 0 Å². The molecular formula is C20H15ClF3N3O4. The van der Waals surface area contributed by atoms with E-state index in [0.29, 0.717) is 12.1 Å². The maximum Gasteiger partial charge on any atom is 0.573 e. The number of carboxylic acids is 1. The normalized spacial score (nSPS) is 11.2. The standard InChI is InChI=1S/C20H15ClF3N3O4/c21-13-4-7-15(16(11-13)31-20(22,23)24)26-18-19(30)27(10-9-25-18)14-5-1-12(2-6-14)3-8-17(28)29/h1-2,4-7,9-11H,3,8H2,(H,25,26)(H,28,29). The molecule has 3 rings (SSSR count). The van der Waals surface area contributed by atoms with Crippen molar-refractivity contribution in [2.45, 2.75) is 19.2 Å². The number of aryl methyl sites for hydroxylation is 1. The number of nitrogens with zero attached hydrogens (tertiary/aromatic N) is 2. The highest BCUT2D eigenvalue weighted by Gasteiger charge is 2.32. The fourth-order valence-corrected chi connectivity index (χ4v) is 2.87. The number of benzene rings is 2. The third-order valence-corrected chi connectivity index (χ3v) is 4.34. The fourth-order valence-electron chi connectivity index (χ4n) is 2.71. The Morgan fingerprint density at radius 2 is 1.90 bits per heavy atom. The second kappa shape index (κ2) is 9.09. The van der Waals surface area contributed by atoms with E-state index in [4.69, 9.17) is 16.7 Å². The van der Waals surface area contributed by atoms with Crippen LogP contribution >= 0.6 is 11.6 Å². The van der Waals surface area contributed by atoms with Gasteiger partial charge in [0.2, 0.25) is 0 Å². The summed E-state index contributed by atoms with van der Waals surface area (Å²) in [5.41, 5.74) is 0.487. The van der Waals surface area contributed by atoms with Crippen LogP contribution in [0.15, 0.2) is 59.7 Å². The lowest BCUT2D eigenvalue weighted by atomic mass is 10.1. The highest BCUT2D eigenvalue weighted by molar-refractivity contribution is 6.30. The number of carboxylic acid groups (broad SMARTS) is 1. The number of alkyl halides is 3.